The number of nitrogens with one attached hydrogen (secondary N) is 1. The highest BCUT2D eigenvalue weighted by Gasteiger charge is 2.30. The Morgan fingerprint density at radius 1 is 1.52 bits per heavy atom. The van der Waals surface area contributed by atoms with Crippen LogP contribution in [0.25, 0.3) is 0 Å². The first kappa shape index (κ1) is 15.5. The third-order valence-electron chi connectivity index (χ3n) is 3.73. The molecule has 112 valence electrons. The van der Waals surface area contributed by atoms with Gasteiger partial charge < -0.3 is 15.3 Å². The summed E-state index contributed by atoms with van der Waals surface area (Å²) in [7, 11) is 0. The van der Waals surface area contributed by atoms with Crippen molar-refractivity contribution in [2.75, 3.05) is 25.0 Å². The van der Waals surface area contributed by atoms with E-state index in [1.165, 1.54) is 0 Å². The van der Waals surface area contributed by atoms with Crippen LogP contribution in [-0.4, -0.2) is 41.1 Å². The minimum Gasteiger partial charge on any atom is -0.389 e. The smallest absolute Gasteiger partial charge is 0.224 e. The van der Waals surface area contributed by atoms with Crippen LogP contribution < -0.4 is 5.32 Å². The van der Waals surface area contributed by atoms with E-state index in [-0.39, 0.29) is 5.91 Å². The molecular weight excluding hydrogens is 266 g/mol. The largest absolute Gasteiger partial charge is 0.389 e. The fourth-order valence-electron chi connectivity index (χ4n) is 2.60. The number of carbonyl (C=O) groups is 1. The Hall–Kier alpha value is -1.90. The molecule has 1 fully saturated rings. The van der Waals surface area contributed by atoms with Crippen molar-refractivity contribution in [3.8, 4) is 6.07 Å². The van der Waals surface area contributed by atoms with Gasteiger partial charge in [0.25, 0.3) is 0 Å². The fourth-order valence-corrected chi connectivity index (χ4v) is 2.60. The Morgan fingerprint density at radius 2 is 2.29 bits per heavy atom. The molecule has 0 radical (unpaired) electrons. The van der Waals surface area contributed by atoms with Gasteiger partial charge in [0.2, 0.25) is 5.91 Å². The van der Waals surface area contributed by atoms with Gasteiger partial charge in [0.15, 0.2) is 0 Å². The van der Waals surface area contributed by atoms with E-state index in [1.54, 1.807) is 24.3 Å². The average molecular weight is 287 g/mol. The third kappa shape index (κ3) is 4.55. The van der Waals surface area contributed by atoms with Crippen LogP contribution in [0.2, 0.25) is 0 Å². The zero-order valence-corrected chi connectivity index (χ0v) is 12.3. The lowest BCUT2D eigenvalue weighted by atomic mass is 10.1. The number of nitrogens with zero attached hydrogens (tertiary/aromatic N) is 2. The maximum absolute atomic E-state index is 11.9. The normalized spacial score (nSPS) is 22.0. The topological polar surface area (TPSA) is 76.4 Å². The highest BCUT2D eigenvalue weighted by atomic mass is 16.3. The summed E-state index contributed by atoms with van der Waals surface area (Å²) in [5.41, 5.74) is 0.448. The molecule has 2 N–H and O–H groups in total. The monoisotopic (exact) mass is 287 g/mol. The number of hydrogen-bond donors (Lipinski definition) is 2. The number of β-amino-alcohol motifs (C(OH)–C–C–N with tert-alkyl or cyclic N) is 1. The van der Waals surface area contributed by atoms with E-state index in [0.29, 0.717) is 24.2 Å². The Bertz CT molecular complexity index is 549. The van der Waals surface area contributed by atoms with Gasteiger partial charge in [-0.15, -0.1) is 0 Å². The molecule has 0 aromatic heterocycles. The minimum atomic E-state index is -0.589. The number of rotatable bonds is 5. The van der Waals surface area contributed by atoms with Crippen molar-refractivity contribution >= 4 is 11.6 Å². The Morgan fingerprint density at radius 3 is 2.95 bits per heavy atom. The Kier molecular flexibility index (Phi) is 4.94. The zero-order valence-electron chi connectivity index (χ0n) is 12.3. The van der Waals surface area contributed by atoms with Crippen LogP contribution in [0.4, 0.5) is 5.69 Å². The van der Waals surface area contributed by atoms with E-state index in [0.717, 1.165) is 25.9 Å². The molecular formula is C16H21N3O2. The van der Waals surface area contributed by atoms with Gasteiger partial charge in [0.05, 0.1) is 16.9 Å². The van der Waals surface area contributed by atoms with E-state index in [9.17, 15) is 9.90 Å². The summed E-state index contributed by atoms with van der Waals surface area (Å²) < 4.78 is 0. The molecule has 21 heavy (non-hydrogen) atoms. The minimum absolute atomic E-state index is 0.0799. The molecule has 1 atom stereocenters. The Labute approximate surface area is 125 Å². The number of likely N-dealkylation sites (tertiary alicyclic amines) is 1. The van der Waals surface area contributed by atoms with Gasteiger partial charge in [0, 0.05) is 19.5 Å². The zero-order chi connectivity index (χ0) is 15.3. The van der Waals surface area contributed by atoms with Crippen molar-refractivity contribution in [1.29, 1.82) is 5.26 Å². The number of aliphatic hydroxyl groups is 1. The van der Waals surface area contributed by atoms with Gasteiger partial charge in [-0.25, -0.2) is 0 Å². The molecule has 0 spiro atoms. The van der Waals surface area contributed by atoms with Crippen LogP contribution in [0, 0.1) is 11.3 Å². The Balaban J connectivity index is 1.74. The van der Waals surface area contributed by atoms with Crippen LogP contribution in [-0.2, 0) is 4.79 Å². The van der Waals surface area contributed by atoms with E-state index in [4.69, 9.17) is 5.26 Å². The summed E-state index contributed by atoms with van der Waals surface area (Å²) in [5, 5.41) is 21.6. The SMILES string of the molecule is CC1(O)CCN(CCCC(=O)Nc2ccccc2C#N)C1. The van der Waals surface area contributed by atoms with E-state index in [1.807, 2.05) is 6.92 Å². The van der Waals surface area contributed by atoms with Crippen LogP contribution in [0.1, 0.15) is 31.7 Å². The second-order valence-electron chi connectivity index (χ2n) is 5.83. The molecule has 5 nitrogen and oxygen atoms in total. The molecule has 2 rings (SSSR count). The van der Waals surface area contributed by atoms with Crippen LogP contribution in [0.5, 0.6) is 0 Å². The van der Waals surface area contributed by atoms with Crippen LogP contribution in [0.15, 0.2) is 24.3 Å². The predicted molar refractivity (Wildman–Crippen MR) is 80.7 cm³/mol. The number of carbonyl (C=O) groups excluding carboxylic acids is 1. The molecule has 0 aliphatic carbocycles. The highest BCUT2D eigenvalue weighted by molar-refractivity contribution is 5.92. The van der Waals surface area contributed by atoms with Crippen LogP contribution >= 0.6 is 0 Å². The molecule has 1 aliphatic rings. The number of para-hydroxylation sites is 1. The number of hydrogen-bond acceptors (Lipinski definition) is 4. The van der Waals surface area contributed by atoms with E-state index in [2.05, 4.69) is 16.3 Å². The first-order valence-electron chi connectivity index (χ1n) is 7.24. The lowest BCUT2D eigenvalue weighted by Crippen LogP contribution is -2.30. The fraction of sp³-hybridized carbons (Fsp3) is 0.500. The summed E-state index contributed by atoms with van der Waals surface area (Å²) in [5.74, 6) is -0.0799. The second kappa shape index (κ2) is 6.70. The number of amides is 1. The second-order valence-corrected chi connectivity index (χ2v) is 5.83. The van der Waals surface area contributed by atoms with Crippen molar-refractivity contribution in [2.45, 2.75) is 31.8 Å². The van der Waals surface area contributed by atoms with Crippen molar-refractivity contribution in [1.82, 2.24) is 4.90 Å². The third-order valence-corrected chi connectivity index (χ3v) is 3.73. The predicted octanol–water partition coefficient (Wildman–Crippen LogP) is 1.73. The summed E-state index contributed by atoms with van der Waals surface area (Å²) >= 11 is 0. The van der Waals surface area contributed by atoms with Gasteiger partial charge in [-0.3, -0.25) is 4.79 Å². The molecule has 5 heteroatoms. The summed E-state index contributed by atoms with van der Waals surface area (Å²) in [4.78, 5) is 14.1. The van der Waals surface area contributed by atoms with Crippen molar-refractivity contribution < 1.29 is 9.90 Å². The summed E-state index contributed by atoms with van der Waals surface area (Å²) in [6.45, 7) is 4.21. The lowest BCUT2D eigenvalue weighted by Gasteiger charge is -2.18. The van der Waals surface area contributed by atoms with Gasteiger partial charge >= 0.3 is 0 Å². The van der Waals surface area contributed by atoms with Gasteiger partial charge in [-0.1, -0.05) is 12.1 Å². The van der Waals surface area contributed by atoms with E-state index >= 15 is 0 Å². The standard InChI is InChI=1S/C16H21N3O2/c1-16(21)8-10-19(12-16)9-4-7-15(20)18-14-6-3-2-5-13(14)11-17/h2-3,5-6,21H,4,7-10,12H2,1H3,(H,18,20). The highest BCUT2D eigenvalue weighted by Crippen LogP contribution is 2.20. The number of anilines is 1. The van der Waals surface area contributed by atoms with Gasteiger partial charge in [0.1, 0.15) is 6.07 Å². The van der Waals surface area contributed by atoms with Crippen molar-refractivity contribution in [2.24, 2.45) is 0 Å². The first-order valence-corrected chi connectivity index (χ1v) is 7.24. The van der Waals surface area contributed by atoms with Crippen molar-refractivity contribution in [3.05, 3.63) is 29.8 Å². The molecule has 1 aromatic rings. The molecule has 1 aliphatic heterocycles. The van der Waals surface area contributed by atoms with Crippen LogP contribution in [0.3, 0.4) is 0 Å². The molecule has 1 saturated heterocycles. The van der Waals surface area contributed by atoms with E-state index < -0.39 is 5.60 Å². The molecule has 0 saturated carbocycles. The maximum atomic E-state index is 11.9. The molecule has 0 bridgehead atoms. The molecule has 1 aromatic carbocycles. The summed E-state index contributed by atoms with van der Waals surface area (Å²) in [6, 6.07) is 9.04. The molecule has 1 amide bonds. The number of nitriles is 1. The van der Waals surface area contributed by atoms with Gasteiger partial charge in [-0.2, -0.15) is 5.26 Å². The molecule has 1 heterocycles. The number of benzene rings is 1. The quantitative estimate of drug-likeness (QED) is 0.864. The average Bonchev–Trinajstić information content (AvgIpc) is 2.79. The molecule has 1 unspecified atom stereocenters. The van der Waals surface area contributed by atoms with Gasteiger partial charge in [-0.05, 0) is 38.4 Å². The first-order chi connectivity index (χ1) is 10.00. The summed E-state index contributed by atoms with van der Waals surface area (Å²) in [6.07, 6.45) is 1.95. The van der Waals surface area contributed by atoms with Crippen molar-refractivity contribution in [3.63, 3.8) is 0 Å². The lowest BCUT2D eigenvalue weighted by molar-refractivity contribution is -0.116. The maximum Gasteiger partial charge on any atom is 0.224 e.